The summed E-state index contributed by atoms with van der Waals surface area (Å²) in [5.41, 5.74) is 12.2. The standard InChI is InChI=1S/C12H15N3O/c13-8-1-2-10-3-5-11(6-4-10)15-12(16)7-9-14/h3-6H,7-9,13-14H2,(H,15,16). The second kappa shape index (κ2) is 6.62. The molecular weight excluding hydrogens is 202 g/mol. The molecule has 5 N–H and O–H groups in total. The van der Waals surface area contributed by atoms with Crippen molar-refractivity contribution in [2.45, 2.75) is 6.42 Å². The van der Waals surface area contributed by atoms with Gasteiger partial charge < -0.3 is 16.8 Å². The van der Waals surface area contributed by atoms with E-state index in [2.05, 4.69) is 17.2 Å². The van der Waals surface area contributed by atoms with Gasteiger partial charge in [-0.15, -0.1) is 0 Å². The van der Waals surface area contributed by atoms with Gasteiger partial charge in [-0.25, -0.2) is 0 Å². The molecular formula is C12H15N3O. The molecule has 0 saturated heterocycles. The number of hydrogen-bond acceptors (Lipinski definition) is 3. The predicted molar refractivity (Wildman–Crippen MR) is 64.7 cm³/mol. The number of nitrogens with two attached hydrogens (primary N) is 2. The highest BCUT2D eigenvalue weighted by Gasteiger charge is 1.99. The van der Waals surface area contributed by atoms with Crippen LogP contribution in [0.1, 0.15) is 12.0 Å². The lowest BCUT2D eigenvalue weighted by atomic mass is 10.2. The minimum absolute atomic E-state index is 0.0803. The predicted octanol–water partition coefficient (Wildman–Crippen LogP) is 0.284. The summed E-state index contributed by atoms with van der Waals surface area (Å²) in [5, 5.41) is 2.73. The summed E-state index contributed by atoms with van der Waals surface area (Å²) in [5.74, 6) is 5.58. The summed E-state index contributed by atoms with van der Waals surface area (Å²) in [6.45, 7) is 0.695. The van der Waals surface area contributed by atoms with Gasteiger partial charge in [0.2, 0.25) is 5.91 Å². The Morgan fingerprint density at radius 3 is 2.50 bits per heavy atom. The number of benzene rings is 1. The second-order valence-electron chi connectivity index (χ2n) is 3.17. The number of amides is 1. The average molecular weight is 217 g/mol. The maximum Gasteiger partial charge on any atom is 0.225 e. The molecule has 0 heterocycles. The Balaban J connectivity index is 2.61. The fourth-order valence-corrected chi connectivity index (χ4v) is 1.14. The van der Waals surface area contributed by atoms with Crippen LogP contribution < -0.4 is 16.8 Å². The van der Waals surface area contributed by atoms with E-state index >= 15 is 0 Å². The van der Waals surface area contributed by atoms with Gasteiger partial charge in [-0.1, -0.05) is 11.8 Å². The van der Waals surface area contributed by atoms with Gasteiger partial charge >= 0.3 is 0 Å². The largest absolute Gasteiger partial charge is 0.330 e. The minimum atomic E-state index is -0.0803. The average Bonchev–Trinajstić information content (AvgIpc) is 2.28. The molecule has 0 fully saturated rings. The molecule has 0 aliphatic carbocycles. The number of carbonyl (C=O) groups excluding carboxylic acids is 1. The van der Waals surface area contributed by atoms with Gasteiger partial charge in [0.15, 0.2) is 0 Å². The van der Waals surface area contributed by atoms with Crippen molar-refractivity contribution in [3.05, 3.63) is 29.8 Å². The monoisotopic (exact) mass is 217 g/mol. The zero-order valence-corrected chi connectivity index (χ0v) is 8.99. The first kappa shape index (κ1) is 12.2. The summed E-state index contributed by atoms with van der Waals surface area (Å²) in [7, 11) is 0. The van der Waals surface area contributed by atoms with Gasteiger partial charge in [-0.3, -0.25) is 4.79 Å². The minimum Gasteiger partial charge on any atom is -0.330 e. The van der Waals surface area contributed by atoms with Crippen molar-refractivity contribution in [3.63, 3.8) is 0 Å². The Bertz CT molecular complexity index is 401. The highest BCUT2D eigenvalue weighted by Crippen LogP contribution is 2.08. The van der Waals surface area contributed by atoms with E-state index in [9.17, 15) is 4.79 Å². The topological polar surface area (TPSA) is 81.1 Å². The summed E-state index contributed by atoms with van der Waals surface area (Å²) < 4.78 is 0. The molecule has 0 atom stereocenters. The van der Waals surface area contributed by atoms with E-state index in [0.29, 0.717) is 19.5 Å². The van der Waals surface area contributed by atoms with E-state index in [1.807, 2.05) is 12.1 Å². The quantitative estimate of drug-likeness (QED) is 0.636. The Labute approximate surface area is 95.0 Å². The third-order valence-electron chi connectivity index (χ3n) is 1.87. The molecule has 0 spiro atoms. The van der Waals surface area contributed by atoms with Gasteiger partial charge in [-0.2, -0.15) is 0 Å². The Morgan fingerprint density at radius 2 is 1.94 bits per heavy atom. The van der Waals surface area contributed by atoms with Crippen LogP contribution in [0.15, 0.2) is 24.3 Å². The first-order valence-electron chi connectivity index (χ1n) is 5.05. The SMILES string of the molecule is NCC#Cc1ccc(NC(=O)CCN)cc1. The van der Waals surface area contributed by atoms with Gasteiger partial charge in [-0.05, 0) is 24.3 Å². The number of nitrogens with one attached hydrogen (secondary N) is 1. The first-order valence-corrected chi connectivity index (χ1v) is 5.05. The molecule has 0 bridgehead atoms. The molecule has 84 valence electrons. The van der Waals surface area contributed by atoms with Crippen LogP contribution in [0.3, 0.4) is 0 Å². The van der Waals surface area contributed by atoms with E-state index in [-0.39, 0.29) is 5.91 Å². The zero-order chi connectivity index (χ0) is 11.8. The number of carbonyl (C=O) groups is 1. The second-order valence-corrected chi connectivity index (χ2v) is 3.17. The van der Waals surface area contributed by atoms with Crippen LogP contribution in [-0.2, 0) is 4.79 Å². The third-order valence-corrected chi connectivity index (χ3v) is 1.87. The molecule has 1 amide bonds. The maximum absolute atomic E-state index is 11.2. The Morgan fingerprint density at radius 1 is 1.25 bits per heavy atom. The normalized spacial score (nSPS) is 9.12. The van der Waals surface area contributed by atoms with Gasteiger partial charge in [0.1, 0.15) is 0 Å². The van der Waals surface area contributed by atoms with E-state index < -0.39 is 0 Å². The van der Waals surface area contributed by atoms with Crippen molar-refractivity contribution in [2.75, 3.05) is 18.4 Å². The van der Waals surface area contributed by atoms with Crippen molar-refractivity contribution in [1.29, 1.82) is 0 Å². The fraction of sp³-hybridized carbons (Fsp3) is 0.250. The zero-order valence-electron chi connectivity index (χ0n) is 8.99. The van der Waals surface area contributed by atoms with Crippen molar-refractivity contribution in [3.8, 4) is 11.8 Å². The molecule has 1 rings (SSSR count). The molecule has 0 unspecified atom stereocenters. The first-order chi connectivity index (χ1) is 7.76. The van der Waals surface area contributed by atoms with E-state index in [0.717, 1.165) is 11.3 Å². The maximum atomic E-state index is 11.2. The van der Waals surface area contributed by atoms with Gasteiger partial charge in [0.25, 0.3) is 0 Å². The van der Waals surface area contributed by atoms with Gasteiger partial charge in [0.05, 0.1) is 6.54 Å². The van der Waals surface area contributed by atoms with Crippen LogP contribution in [0, 0.1) is 11.8 Å². The molecule has 1 aromatic carbocycles. The van der Waals surface area contributed by atoms with E-state index in [1.54, 1.807) is 12.1 Å². The van der Waals surface area contributed by atoms with E-state index in [4.69, 9.17) is 11.5 Å². The van der Waals surface area contributed by atoms with Crippen LogP contribution in [0.25, 0.3) is 0 Å². The molecule has 4 nitrogen and oxygen atoms in total. The number of anilines is 1. The van der Waals surface area contributed by atoms with Gasteiger partial charge in [0, 0.05) is 24.2 Å². The van der Waals surface area contributed by atoms with E-state index in [1.165, 1.54) is 0 Å². The lowest BCUT2D eigenvalue weighted by molar-refractivity contribution is -0.116. The molecule has 0 aliphatic rings. The van der Waals surface area contributed by atoms with Crippen LogP contribution in [0.5, 0.6) is 0 Å². The molecule has 1 aromatic rings. The highest BCUT2D eigenvalue weighted by molar-refractivity contribution is 5.90. The fourth-order valence-electron chi connectivity index (χ4n) is 1.14. The summed E-state index contributed by atoms with van der Waals surface area (Å²) in [6, 6.07) is 7.27. The van der Waals surface area contributed by atoms with Crippen LogP contribution in [0.4, 0.5) is 5.69 Å². The number of rotatable bonds is 3. The highest BCUT2D eigenvalue weighted by atomic mass is 16.1. The van der Waals surface area contributed by atoms with Crippen molar-refractivity contribution >= 4 is 11.6 Å². The lowest BCUT2D eigenvalue weighted by Crippen LogP contribution is -2.16. The Hall–Kier alpha value is -1.83. The summed E-state index contributed by atoms with van der Waals surface area (Å²) >= 11 is 0. The summed E-state index contributed by atoms with van der Waals surface area (Å²) in [4.78, 5) is 11.2. The third kappa shape index (κ3) is 4.13. The molecule has 0 saturated carbocycles. The molecule has 16 heavy (non-hydrogen) atoms. The van der Waals surface area contributed by atoms with Crippen molar-refractivity contribution < 1.29 is 4.79 Å². The lowest BCUT2D eigenvalue weighted by Gasteiger charge is -2.03. The Kier molecular flexibility index (Phi) is 5.06. The summed E-state index contributed by atoms with van der Waals surface area (Å²) in [6.07, 6.45) is 0.328. The molecule has 0 radical (unpaired) electrons. The number of hydrogen-bond donors (Lipinski definition) is 3. The van der Waals surface area contributed by atoms with Crippen LogP contribution in [0.2, 0.25) is 0 Å². The smallest absolute Gasteiger partial charge is 0.225 e. The van der Waals surface area contributed by atoms with Crippen LogP contribution in [-0.4, -0.2) is 19.0 Å². The molecule has 0 aliphatic heterocycles. The molecule has 0 aromatic heterocycles. The molecule has 4 heteroatoms. The van der Waals surface area contributed by atoms with Crippen LogP contribution >= 0.6 is 0 Å². The van der Waals surface area contributed by atoms with Crippen molar-refractivity contribution in [1.82, 2.24) is 0 Å². The van der Waals surface area contributed by atoms with Crippen molar-refractivity contribution in [2.24, 2.45) is 11.5 Å².